The highest BCUT2D eigenvalue weighted by molar-refractivity contribution is 7.89. The van der Waals surface area contributed by atoms with Gasteiger partial charge in [-0.15, -0.1) is 0 Å². The van der Waals surface area contributed by atoms with Gasteiger partial charge in [0.2, 0.25) is 10.0 Å². The summed E-state index contributed by atoms with van der Waals surface area (Å²) >= 11 is 0. The van der Waals surface area contributed by atoms with Crippen molar-refractivity contribution in [2.24, 2.45) is 0 Å². The second-order valence-electron chi connectivity index (χ2n) is 6.25. The summed E-state index contributed by atoms with van der Waals surface area (Å²) in [5, 5.41) is 5.21. The number of rotatable bonds is 6. The van der Waals surface area contributed by atoms with Crippen LogP contribution in [0.1, 0.15) is 34.6 Å². The summed E-state index contributed by atoms with van der Waals surface area (Å²) in [6.45, 7) is 3.55. The first-order chi connectivity index (χ1) is 12.7. The van der Waals surface area contributed by atoms with Crippen molar-refractivity contribution in [2.75, 3.05) is 19.4 Å². The van der Waals surface area contributed by atoms with Crippen LogP contribution in [0.3, 0.4) is 0 Å². The Morgan fingerprint density at radius 2 is 1.59 bits per heavy atom. The van der Waals surface area contributed by atoms with Crippen LogP contribution in [0, 0.1) is 0 Å². The third-order valence-corrected chi connectivity index (χ3v) is 6.16. The minimum atomic E-state index is -3.68. The van der Waals surface area contributed by atoms with E-state index >= 15 is 0 Å². The van der Waals surface area contributed by atoms with E-state index in [1.165, 1.54) is 36.6 Å². The average Bonchev–Trinajstić information content (AvgIpc) is 2.67. The molecular weight excluding hydrogens is 366 g/mol. The first-order valence-electron chi connectivity index (χ1n) is 8.38. The van der Waals surface area contributed by atoms with Gasteiger partial charge in [0.05, 0.1) is 4.90 Å². The molecule has 0 atom stereocenters. The lowest BCUT2D eigenvalue weighted by atomic mass is 10.1. The third kappa shape index (κ3) is 4.72. The van der Waals surface area contributed by atoms with E-state index < -0.39 is 15.9 Å². The molecule has 7 nitrogen and oxygen atoms in total. The van der Waals surface area contributed by atoms with Gasteiger partial charge in [0.25, 0.3) is 11.8 Å². The fraction of sp³-hybridized carbons (Fsp3) is 0.263. The number of benzene rings is 2. The van der Waals surface area contributed by atoms with Crippen LogP contribution in [0.25, 0.3) is 0 Å². The third-order valence-electron chi connectivity index (χ3n) is 4.13. The lowest BCUT2D eigenvalue weighted by molar-refractivity contribution is 0.0962. The Morgan fingerprint density at radius 3 is 2.15 bits per heavy atom. The maximum absolute atomic E-state index is 12.6. The number of sulfonamides is 1. The maximum atomic E-state index is 12.6. The van der Waals surface area contributed by atoms with E-state index in [9.17, 15) is 18.0 Å². The molecule has 0 radical (unpaired) electrons. The molecule has 0 spiro atoms. The molecule has 0 aliphatic carbocycles. The molecule has 0 heterocycles. The van der Waals surface area contributed by atoms with Gasteiger partial charge in [0, 0.05) is 37.0 Å². The van der Waals surface area contributed by atoms with Crippen molar-refractivity contribution in [3.8, 4) is 0 Å². The van der Waals surface area contributed by atoms with Crippen LogP contribution < -0.4 is 10.6 Å². The van der Waals surface area contributed by atoms with Gasteiger partial charge in [-0.25, -0.2) is 8.42 Å². The molecule has 0 unspecified atom stereocenters. The molecule has 8 heteroatoms. The lowest BCUT2D eigenvalue weighted by Gasteiger charge is -2.21. The smallest absolute Gasteiger partial charge is 0.255 e. The molecule has 2 rings (SSSR count). The molecule has 0 saturated carbocycles. The standard InChI is InChI=1S/C19H23N3O4S/c1-13(2)22(4)27(25,26)17-7-5-6-15(12-17)19(24)21-16-10-8-14(9-11-16)18(23)20-3/h5-13H,1-4H3,(H,20,23)(H,21,24). The largest absolute Gasteiger partial charge is 0.355 e. The van der Waals surface area contributed by atoms with Crippen LogP contribution in [0.4, 0.5) is 5.69 Å². The number of hydrogen-bond acceptors (Lipinski definition) is 4. The number of carbonyl (C=O) groups is 2. The van der Waals surface area contributed by atoms with Gasteiger partial charge in [-0.2, -0.15) is 4.31 Å². The molecule has 0 aromatic heterocycles. The van der Waals surface area contributed by atoms with E-state index in [1.807, 2.05) is 0 Å². The fourth-order valence-electron chi connectivity index (χ4n) is 2.29. The summed E-state index contributed by atoms with van der Waals surface area (Å²) in [7, 11) is -0.638. The van der Waals surface area contributed by atoms with Gasteiger partial charge in [0.1, 0.15) is 0 Å². The monoisotopic (exact) mass is 389 g/mol. The summed E-state index contributed by atoms with van der Waals surface area (Å²) < 4.78 is 26.4. The van der Waals surface area contributed by atoms with Crippen LogP contribution in [-0.4, -0.2) is 44.7 Å². The Bertz CT molecular complexity index is 938. The number of nitrogens with zero attached hydrogens (tertiary/aromatic N) is 1. The Labute approximate surface area is 159 Å². The average molecular weight is 389 g/mol. The Kier molecular flexibility index (Phi) is 6.35. The second-order valence-corrected chi connectivity index (χ2v) is 8.25. The molecule has 0 bridgehead atoms. The van der Waals surface area contributed by atoms with E-state index in [2.05, 4.69) is 10.6 Å². The molecule has 0 aliphatic rings. The first-order valence-corrected chi connectivity index (χ1v) is 9.82. The highest BCUT2D eigenvalue weighted by atomic mass is 32.2. The molecule has 144 valence electrons. The van der Waals surface area contributed by atoms with Gasteiger partial charge in [0.15, 0.2) is 0 Å². The Hall–Kier alpha value is -2.71. The first kappa shape index (κ1) is 20.6. The van der Waals surface area contributed by atoms with E-state index in [4.69, 9.17) is 0 Å². The summed E-state index contributed by atoms with van der Waals surface area (Å²) in [4.78, 5) is 24.1. The van der Waals surface area contributed by atoms with E-state index in [-0.39, 0.29) is 22.4 Å². The topological polar surface area (TPSA) is 95.6 Å². The van der Waals surface area contributed by atoms with Crippen molar-refractivity contribution >= 4 is 27.5 Å². The van der Waals surface area contributed by atoms with Gasteiger partial charge in [-0.1, -0.05) is 6.07 Å². The number of carbonyl (C=O) groups excluding carboxylic acids is 2. The summed E-state index contributed by atoms with van der Waals surface area (Å²) in [5.41, 5.74) is 1.20. The zero-order valence-electron chi connectivity index (χ0n) is 15.7. The fourth-order valence-corrected chi connectivity index (χ4v) is 3.71. The van der Waals surface area contributed by atoms with Gasteiger partial charge < -0.3 is 10.6 Å². The van der Waals surface area contributed by atoms with E-state index in [1.54, 1.807) is 44.2 Å². The zero-order valence-corrected chi connectivity index (χ0v) is 16.5. The minimum Gasteiger partial charge on any atom is -0.355 e. The number of nitrogens with one attached hydrogen (secondary N) is 2. The van der Waals surface area contributed by atoms with Crippen LogP contribution in [0.2, 0.25) is 0 Å². The molecule has 0 fully saturated rings. The minimum absolute atomic E-state index is 0.0568. The predicted molar refractivity (Wildman–Crippen MR) is 104 cm³/mol. The molecular formula is C19H23N3O4S. The molecule has 0 aliphatic heterocycles. The second kappa shape index (κ2) is 8.32. The number of amides is 2. The van der Waals surface area contributed by atoms with Crippen molar-refractivity contribution < 1.29 is 18.0 Å². The van der Waals surface area contributed by atoms with Crippen LogP contribution >= 0.6 is 0 Å². The highest BCUT2D eigenvalue weighted by Gasteiger charge is 2.23. The summed E-state index contributed by atoms with van der Waals surface area (Å²) in [5.74, 6) is -0.660. The van der Waals surface area contributed by atoms with Crippen molar-refractivity contribution in [1.29, 1.82) is 0 Å². The summed E-state index contributed by atoms with van der Waals surface area (Å²) in [6, 6.07) is 12.1. The van der Waals surface area contributed by atoms with Crippen LogP contribution in [0.15, 0.2) is 53.4 Å². The van der Waals surface area contributed by atoms with Crippen molar-refractivity contribution in [2.45, 2.75) is 24.8 Å². The van der Waals surface area contributed by atoms with Crippen molar-refractivity contribution in [3.05, 3.63) is 59.7 Å². The van der Waals surface area contributed by atoms with Gasteiger partial charge in [-0.05, 0) is 56.3 Å². The maximum Gasteiger partial charge on any atom is 0.255 e. The number of anilines is 1. The zero-order chi connectivity index (χ0) is 20.2. The molecule has 27 heavy (non-hydrogen) atoms. The SMILES string of the molecule is CNC(=O)c1ccc(NC(=O)c2cccc(S(=O)(=O)N(C)C(C)C)c2)cc1. The molecule has 2 aromatic carbocycles. The molecule has 2 N–H and O–H groups in total. The van der Waals surface area contributed by atoms with Gasteiger partial charge in [-0.3, -0.25) is 9.59 Å². The van der Waals surface area contributed by atoms with Crippen LogP contribution in [-0.2, 0) is 10.0 Å². The number of hydrogen-bond donors (Lipinski definition) is 2. The quantitative estimate of drug-likeness (QED) is 0.793. The van der Waals surface area contributed by atoms with E-state index in [0.717, 1.165) is 0 Å². The molecule has 2 aromatic rings. The van der Waals surface area contributed by atoms with Gasteiger partial charge >= 0.3 is 0 Å². The van der Waals surface area contributed by atoms with Crippen molar-refractivity contribution in [3.63, 3.8) is 0 Å². The van der Waals surface area contributed by atoms with Crippen molar-refractivity contribution in [1.82, 2.24) is 9.62 Å². The lowest BCUT2D eigenvalue weighted by Crippen LogP contribution is -2.33. The molecule has 2 amide bonds. The summed E-state index contributed by atoms with van der Waals surface area (Å²) in [6.07, 6.45) is 0. The molecule has 0 saturated heterocycles. The van der Waals surface area contributed by atoms with E-state index in [0.29, 0.717) is 11.3 Å². The predicted octanol–water partition coefficient (Wildman–Crippen LogP) is 2.33. The normalized spacial score (nSPS) is 11.5. The Morgan fingerprint density at radius 1 is 0.963 bits per heavy atom. The Balaban J connectivity index is 2.22. The van der Waals surface area contributed by atoms with Crippen LogP contribution in [0.5, 0.6) is 0 Å². The highest BCUT2D eigenvalue weighted by Crippen LogP contribution is 2.19.